The maximum Gasteiger partial charge on any atom is 0.303 e. The molecule has 0 saturated carbocycles. The van der Waals surface area contributed by atoms with Crippen molar-refractivity contribution in [2.24, 2.45) is 10.9 Å². The quantitative estimate of drug-likeness (QED) is 0.0382. The minimum absolute atomic E-state index is 0.00219. The van der Waals surface area contributed by atoms with E-state index >= 15 is 0 Å². The maximum absolute atomic E-state index is 13.5. The zero-order chi connectivity index (χ0) is 38.0. The van der Waals surface area contributed by atoms with E-state index in [-0.39, 0.29) is 18.4 Å². The zero-order valence-corrected chi connectivity index (χ0v) is 30.8. The smallest absolute Gasteiger partial charge is 0.303 e. The normalized spacial score (nSPS) is 19.9. The van der Waals surface area contributed by atoms with E-state index in [1.165, 1.54) is 29.2 Å². The van der Waals surface area contributed by atoms with Crippen LogP contribution in [0.25, 0.3) is 0 Å². The van der Waals surface area contributed by atoms with Crippen LogP contribution in [0.5, 0.6) is 0 Å². The summed E-state index contributed by atoms with van der Waals surface area (Å²) in [5.41, 5.74) is 9.03. The van der Waals surface area contributed by atoms with Crippen LogP contribution in [0, 0.1) is 24.1 Å². The fourth-order valence-electron chi connectivity index (χ4n) is 4.85. The lowest BCUT2D eigenvalue weighted by molar-refractivity contribution is -0.137. The number of aliphatic hydroxyl groups excluding tert-OH is 1. The highest BCUT2D eigenvalue weighted by molar-refractivity contribution is 6.10. The third-order valence-corrected chi connectivity index (χ3v) is 7.52. The number of carboxylic acid groups (broad SMARTS) is 1. The molecule has 1 heterocycles. The molecule has 0 aromatic heterocycles. The zero-order valence-electron chi connectivity index (χ0n) is 30.8. The van der Waals surface area contributed by atoms with Crippen LogP contribution in [0.4, 0.5) is 10.1 Å². The van der Waals surface area contributed by atoms with Gasteiger partial charge in [-0.2, -0.15) is 0 Å². The average molecular weight is 700 g/mol. The molecule has 274 valence electrons. The molecule has 0 radical (unpaired) electrons. The van der Waals surface area contributed by atoms with Crippen molar-refractivity contribution in [3.63, 3.8) is 0 Å². The van der Waals surface area contributed by atoms with Crippen LogP contribution in [0.2, 0.25) is 0 Å². The van der Waals surface area contributed by atoms with Gasteiger partial charge >= 0.3 is 5.97 Å². The van der Waals surface area contributed by atoms with Gasteiger partial charge in [-0.1, -0.05) is 70.1 Å². The Morgan fingerprint density at radius 2 is 1.88 bits per heavy atom. The van der Waals surface area contributed by atoms with Crippen LogP contribution in [0.1, 0.15) is 86.5 Å². The number of hydrogen-bond donors (Lipinski definition) is 3. The molecule has 0 fully saturated rings. The molecule has 1 aromatic rings. The molecule has 0 spiro atoms. The summed E-state index contributed by atoms with van der Waals surface area (Å²) in [7, 11) is 0. The fraction of sp³-hybridized carbons (Fsp3) is 0.381. The van der Waals surface area contributed by atoms with Crippen molar-refractivity contribution >= 4 is 23.9 Å². The number of anilines is 1. The van der Waals surface area contributed by atoms with Crippen LogP contribution in [-0.4, -0.2) is 40.6 Å². The Morgan fingerprint density at radius 3 is 2.53 bits per heavy atom. The van der Waals surface area contributed by atoms with Crippen LogP contribution in [-0.2, 0) is 14.4 Å². The van der Waals surface area contributed by atoms with E-state index in [0.29, 0.717) is 55.1 Å². The predicted octanol–water partition coefficient (Wildman–Crippen LogP) is 9.07. The van der Waals surface area contributed by atoms with E-state index < -0.39 is 17.9 Å². The van der Waals surface area contributed by atoms with E-state index in [1.807, 2.05) is 96.2 Å². The van der Waals surface area contributed by atoms with Gasteiger partial charge < -0.3 is 15.1 Å². The molecule has 51 heavy (non-hydrogen) atoms. The number of hydrogen-bond acceptors (Lipinski definition) is 6. The van der Waals surface area contributed by atoms with Crippen molar-refractivity contribution in [1.29, 1.82) is 0 Å². The Balaban J connectivity index is 0.000000783. The summed E-state index contributed by atoms with van der Waals surface area (Å²) in [6.07, 6.45) is 27.8. The number of halogens is 1. The number of aliphatic imine (C=N–C) groups is 1. The standard InChI is InChI=1S/C28H34FN3O5.C10H8.2C2H6/c1-3-4-7-25(34)26-17-24(31-37-26)20-11-10-19(2)23(16-20)30-27(8-5-6-9-28(35)36)32(18-33)22-14-12-21(29)13-15-22;1-2-10-8-6-4-3-5-7-9-10;2*1-2/h3-4,10,12-18,20,24-25,31,34H,5-9,11H2,1-2H3,(H,35,36);1,3-4,6-7,9H,8H2;2*1-2H3/b4-3-,30-27?;6-4-,10-9-;;. The van der Waals surface area contributed by atoms with Crippen LogP contribution < -0.4 is 10.4 Å². The Bertz CT molecular complexity index is 1570. The Hall–Kier alpha value is -5.00. The number of aliphatic carboxylic acids is 1. The van der Waals surface area contributed by atoms with Gasteiger partial charge in [0, 0.05) is 30.0 Å². The number of aliphatic hydroxyl groups is 1. The topological polar surface area (TPSA) is 111 Å². The van der Waals surface area contributed by atoms with Crippen molar-refractivity contribution in [3.8, 4) is 12.3 Å². The number of amidine groups is 1. The number of carbonyl (C=O) groups excluding carboxylic acids is 1. The highest BCUT2D eigenvalue weighted by Crippen LogP contribution is 2.30. The van der Waals surface area contributed by atoms with Gasteiger partial charge in [0.05, 0.1) is 11.7 Å². The molecule has 3 atom stereocenters. The van der Waals surface area contributed by atoms with Gasteiger partial charge in [0.2, 0.25) is 6.41 Å². The Kier molecular flexibility index (Phi) is 22.4. The number of nitrogens with zero attached hydrogens (tertiary/aromatic N) is 2. The first-order valence-electron chi connectivity index (χ1n) is 17.6. The van der Waals surface area contributed by atoms with Gasteiger partial charge in [-0.25, -0.2) is 9.38 Å². The summed E-state index contributed by atoms with van der Waals surface area (Å²) in [6, 6.07) is 5.39. The van der Waals surface area contributed by atoms with E-state index in [2.05, 4.69) is 23.2 Å². The fourth-order valence-corrected chi connectivity index (χ4v) is 4.85. The molecule has 0 saturated heterocycles. The predicted molar refractivity (Wildman–Crippen MR) is 206 cm³/mol. The number of carbonyl (C=O) groups is 2. The molecule has 1 amide bonds. The number of terminal acetylenes is 1. The number of unbranched alkanes of at least 4 members (excludes halogenated alkanes) is 1. The molecular weight excluding hydrogens is 645 g/mol. The van der Waals surface area contributed by atoms with Gasteiger partial charge in [0.25, 0.3) is 0 Å². The van der Waals surface area contributed by atoms with Crippen LogP contribution >= 0.6 is 0 Å². The van der Waals surface area contributed by atoms with Gasteiger partial charge in [-0.15, -0.1) is 17.6 Å². The number of benzene rings is 1. The van der Waals surface area contributed by atoms with Gasteiger partial charge in [-0.3, -0.25) is 14.5 Å². The molecule has 3 unspecified atom stereocenters. The van der Waals surface area contributed by atoms with Crippen molar-refractivity contribution in [1.82, 2.24) is 5.48 Å². The molecule has 2 aliphatic carbocycles. The van der Waals surface area contributed by atoms with E-state index in [1.54, 1.807) is 0 Å². The van der Waals surface area contributed by atoms with E-state index in [9.17, 15) is 19.1 Å². The molecule has 1 aromatic carbocycles. The van der Waals surface area contributed by atoms with Gasteiger partial charge in [-0.05, 0) is 100 Å². The number of rotatable bonds is 12. The Morgan fingerprint density at radius 1 is 1.18 bits per heavy atom. The first-order valence-corrected chi connectivity index (χ1v) is 17.6. The molecular formula is C42H54FN3O5. The highest BCUT2D eigenvalue weighted by atomic mass is 19.1. The second-order valence-corrected chi connectivity index (χ2v) is 11.0. The van der Waals surface area contributed by atoms with Crippen LogP contribution in [0.15, 0.2) is 118 Å². The summed E-state index contributed by atoms with van der Waals surface area (Å²) in [5.74, 6) is 2.23. The lowest BCUT2D eigenvalue weighted by Crippen LogP contribution is -2.31. The highest BCUT2D eigenvalue weighted by Gasteiger charge is 2.29. The first kappa shape index (κ1) is 44.0. The SMILES string of the molecule is C#C/C1=C/C=C=C/C=C\C1.C/C=C\CC(O)C1=CC(C2C=C(N=C(CCCCC(=O)O)N(C=O)c3ccc(F)cc3)C(C)=CC2)NO1.CC.CC. The summed E-state index contributed by atoms with van der Waals surface area (Å²) in [5, 5.41) is 19.3. The van der Waals surface area contributed by atoms with Crippen molar-refractivity contribution < 1.29 is 29.0 Å². The van der Waals surface area contributed by atoms with E-state index in [0.717, 1.165) is 24.0 Å². The van der Waals surface area contributed by atoms with Crippen LogP contribution in [0.3, 0.4) is 0 Å². The van der Waals surface area contributed by atoms with Gasteiger partial charge in [0.1, 0.15) is 17.8 Å². The maximum atomic E-state index is 13.5. The first-order chi connectivity index (χ1) is 24.7. The number of carboxylic acids is 1. The molecule has 8 nitrogen and oxygen atoms in total. The second kappa shape index (κ2) is 25.9. The summed E-state index contributed by atoms with van der Waals surface area (Å²) >= 11 is 0. The minimum atomic E-state index is -0.879. The molecule has 0 bridgehead atoms. The second-order valence-electron chi connectivity index (χ2n) is 11.0. The molecule has 4 rings (SSSR count). The third kappa shape index (κ3) is 16.1. The van der Waals surface area contributed by atoms with Gasteiger partial charge in [0.15, 0.2) is 5.76 Å². The molecule has 3 aliphatic rings. The van der Waals surface area contributed by atoms with E-state index in [4.69, 9.17) is 21.4 Å². The lowest BCUT2D eigenvalue weighted by atomic mass is 9.89. The molecule has 1 aliphatic heterocycles. The minimum Gasteiger partial charge on any atom is -0.481 e. The average Bonchev–Trinajstić information content (AvgIpc) is 3.63. The monoisotopic (exact) mass is 699 g/mol. The largest absolute Gasteiger partial charge is 0.481 e. The number of hydroxylamine groups is 1. The third-order valence-electron chi connectivity index (χ3n) is 7.52. The number of amides is 1. The number of nitrogens with one attached hydrogen (secondary N) is 1. The van der Waals surface area contributed by atoms with Crippen molar-refractivity contribution in [2.45, 2.75) is 98.6 Å². The Labute approximate surface area is 303 Å². The molecule has 9 heteroatoms. The summed E-state index contributed by atoms with van der Waals surface area (Å²) < 4.78 is 13.5. The van der Waals surface area contributed by atoms with Crippen molar-refractivity contribution in [2.75, 3.05) is 4.90 Å². The molecule has 3 N–H and O–H groups in total. The summed E-state index contributed by atoms with van der Waals surface area (Å²) in [4.78, 5) is 34.8. The number of allylic oxidation sites excluding steroid dienone is 8. The van der Waals surface area contributed by atoms with Crippen molar-refractivity contribution in [3.05, 3.63) is 119 Å². The lowest BCUT2D eigenvalue weighted by Gasteiger charge is -2.24. The summed E-state index contributed by atoms with van der Waals surface area (Å²) in [6.45, 7) is 11.8.